The molecule has 0 saturated heterocycles. The third-order valence-corrected chi connectivity index (χ3v) is 5.08. The van der Waals surface area contributed by atoms with E-state index in [2.05, 4.69) is 15.5 Å². The number of ether oxygens (including phenoxy) is 2. The van der Waals surface area contributed by atoms with E-state index in [0.29, 0.717) is 38.0 Å². The van der Waals surface area contributed by atoms with Gasteiger partial charge in [0, 0.05) is 10.4 Å². The van der Waals surface area contributed by atoms with E-state index in [1.165, 1.54) is 25.6 Å². The van der Waals surface area contributed by atoms with Gasteiger partial charge in [-0.1, -0.05) is 29.0 Å². The van der Waals surface area contributed by atoms with E-state index in [4.69, 9.17) is 25.5 Å². The molecule has 2 aromatic heterocycles. The van der Waals surface area contributed by atoms with Crippen molar-refractivity contribution in [2.45, 2.75) is 0 Å². The fourth-order valence-corrected chi connectivity index (χ4v) is 3.60. The Morgan fingerprint density at radius 3 is 2.57 bits per heavy atom. The maximum atomic E-state index is 12.7. The monoisotopic (exact) mass is 415 g/mol. The van der Waals surface area contributed by atoms with E-state index < -0.39 is 5.91 Å². The molecule has 0 aliphatic rings. The van der Waals surface area contributed by atoms with Gasteiger partial charge < -0.3 is 13.9 Å². The summed E-state index contributed by atoms with van der Waals surface area (Å²) in [7, 11) is 2.98. The maximum absolute atomic E-state index is 12.7. The van der Waals surface area contributed by atoms with Gasteiger partial charge in [-0.25, -0.2) is 0 Å². The number of aromatic nitrogens is 2. The number of furan rings is 1. The number of carbonyl (C=O) groups excluding carboxylic acids is 1. The molecule has 0 fully saturated rings. The highest BCUT2D eigenvalue weighted by molar-refractivity contribution is 7.18. The number of methoxy groups -OCH3 is 2. The number of anilines is 1. The second kappa shape index (κ2) is 7.49. The highest BCUT2D eigenvalue weighted by Crippen LogP contribution is 2.34. The quantitative estimate of drug-likeness (QED) is 0.500. The minimum atomic E-state index is -0.409. The Hall–Kier alpha value is -3.10. The van der Waals surface area contributed by atoms with Gasteiger partial charge in [0.1, 0.15) is 22.6 Å². The van der Waals surface area contributed by atoms with Crippen molar-refractivity contribution in [3.05, 3.63) is 53.1 Å². The van der Waals surface area contributed by atoms with Gasteiger partial charge in [-0.15, -0.1) is 10.2 Å². The molecule has 0 atom stereocenters. The van der Waals surface area contributed by atoms with Gasteiger partial charge in [-0.05, 0) is 36.4 Å². The Morgan fingerprint density at radius 2 is 1.86 bits per heavy atom. The molecular formula is C19H14ClN3O4S. The van der Waals surface area contributed by atoms with E-state index in [1.54, 1.807) is 30.3 Å². The van der Waals surface area contributed by atoms with Crippen LogP contribution in [0.2, 0.25) is 5.02 Å². The zero-order chi connectivity index (χ0) is 19.7. The zero-order valence-electron chi connectivity index (χ0n) is 14.9. The van der Waals surface area contributed by atoms with Gasteiger partial charge in [0.25, 0.3) is 5.91 Å². The van der Waals surface area contributed by atoms with E-state index in [0.717, 1.165) is 5.39 Å². The Morgan fingerprint density at radius 1 is 1.11 bits per heavy atom. The SMILES string of the molecule is COc1cccc(OC)c1C(=O)Nc1nnc(-c2cc3cc(Cl)ccc3o2)s1. The van der Waals surface area contributed by atoms with Crippen molar-refractivity contribution in [1.29, 1.82) is 0 Å². The third-order valence-electron chi connectivity index (χ3n) is 3.99. The summed E-state index contributed by atoms with van der Waals surface area (Å²) in [4.78, 5) is 12.7. The average Bonchev–Trinajstić information content (AvgIpc) is 3.33. The average molecular weight is 416 g/mol. The van der Waals surface area contributed by atoms with Crippen molar-refractivity contribution < 1.29 is 18.7 Å². The largest absolute Gasteiger partial charge is 0.496 e. The first-order valence-electron chi connectivity index (χ1n) is 8.14. The lowest BCUT2D eigenvalue weighted by Crippen LogP contribution is -2.14. The lowest BCUT2D eigenvalue weighted by atomic mass is 10.1. The van der Waals surface area contributed by atoms with Crippen LogP contribution in [-0.4, -0.2) is 30.3 Å². The third kappa shape index (κ3) is 3.39. The second-order valence-electron chi connectivity index (χ2n) is 5.70. The summed E-state index contributed by atoms with van der Waals surface area (Å²) in [6.07, 6.45) is 0. The number of fused-ring (bicyclic) bond motifs is 1. The number of nitrogens with zero attached hydrogens (tertiary/aromatic N) is 2. The van der Waals surface area contributed by atoms with Crippen molar-refractivity contribution in [2.24, 2.45) is 0 Å². The lowest BCUT2D eigenvalue weighted by molar-refractivity contribution is 0.102. The Balaban J connectivity index is 1.60. The first kappa shape index (κ1) is 18.3. The van der Waals surface area contributed by atoms with Crippen LogP contribution in [0.15, 0.2) is 46.9 Å². The predicted molar refractivity (Wildman–Crippen MR) is 108 cm³/mol. The highest BCUT2D eigenvalue weighted by Gasteiger charge is 2.20. The van der Waals surface area contributed by atoms with E-state index >= 15 is 0 Å². The smallest absolute Gasteiger partial charge is 0.265 e. The molecule has 0 spiro atoms. The first-order chi connectivity index (χ1) is 13.6. The summed E-state index contributed by atoms with van der Waals surface area (Å²) in [5.74, 6) is 0.935. The van der Waals surface area contributed by atoms with Gasteiger partial charge >= 0.3 is 0 Å². The first-order valence-corrected chi connectivity index (χ1v) is 9.34. The minimum Gasteiger partial charge on any atom is -0.496 e. The van der Waals surface area contributed by atoms with Crippen molar-refractivity contribution in [1.82, 2.24) is 10.2 Å². The van der Waals surface area contributed by atoms with Gasteiger partial charge in [-0.2, -0.15) is 0 Å². The minimum absolute atomic E-state index is 0.280. The molecular weight excluding hydrogens is 402 g/mol. The van der Waals surface area contributed by atoms with Gasteiger partial charge in [0.05, 0.1) is 14.2 Å². The van der Waals surface area contributed by atoms with Crippen LogP contribution in [0.4, 0.5) is 5.13 Å². The number of hydrogen-bond donors (Lipinski definition) is 1. The molecule has 4 aromatic rings. The summed E-state index contributed by atoms with van der Waals surface area (Å²) in [5, 5.41) is 13.2. The number of halogens is 1. The molecule has 0 unspecified atom stereocenters. The van der Waals surface area contributed by atoms with Crippen LogP contribution in [0.1, 0.15) is 10.4 Å². The van der Waals surface area contributed by atoms with Crippen LogP contribution in [0, 0.1) is 0 Å². The molecule has 28 heavy (non-hydrogen) atoms. The number of carbonyl (C=O) groups is 1. The summed E-state index contributed by atoms with van der Waals surface area (Å²) in [5.41, 5.74) is 0.974. The fourth-order valence-electron chi connectivity index (χ4n) is 2.73. The van der Waals surface area contributed by atoms with Crippen molar-refractivity contribution in [3.63, 3.8) is 0 Å². The summed E-state index contributed by atoms with van der Waals surface area (Å²) in [6.45, 7) is 0. The van der Waals surface area contributed by atoms with Crippen LogP contribution in [0.25, 0.3) is 21.7 Å². The number of amides is 1. The molecule has 4 rings (SSSR count). The van der Waals surface area contributed by atoms with Gasteiger partial charge in [0.2, 0.25) is 5.13 Å². The number of benzene rings is 2. The molecule has 142 valence electrons. The highest BCUT2D eigenvalue weighted by atomic mass is 35.5. The molecule has 7 nitrogen and oxygen atoms in total. The van der Waals surface area contributed by atoms with Crippen LogP contribution >= 0.6 is 22.9 Å². The molecule has 2 heterocycles. The predicted octanol–water partition coefficient (Wildman–Crippen LogP) is 4.87. The Kier molecular flexibility index (Phi) is 4.89. The van der Waals surface area contributed by atoms with E-state index in [9.17, 15) is 4.79 Å². The standard InChI is InChI=1S/C19H14ClN3O4S/c1-25-13-4-3-5-14(26-2)16(13)17(24)21-19-23-22-18(28-19)15-9-10-8-11(20)6-7-12(10)27-15/h3-9H,1-2H3,(H,21,23,24). The number of rotatable bonds is 5. The number of hydrogen-bond acceptors (Lipinski definition) is 7. The van der Waals surface area contributed by atoms with Gasteiger partial charge in [0.15, 0.2) is 10.8 Å². The van der Waals surface area contributed by atoms with Crippen LogP contribution < -0.4 is 14.8 Å². The zero-order valence-corrected chi connectivity index (χ0v) is 16.4. The topological polar surface area (TPSA) is 86.5 Å². The van der Waals surface area contributed by atoms with Crippen LogP contribution in [-0.2, 0) is 0 Å². The molecule has 0 saturated carbocycles. The molecule has 0 aliphatic carbocycles. The van der Waals surface area contributed by atoms with E-state index in [-0.39, 0.29) is 5.56 Å². The Labute approximate surface area is 168 Å². The fraction of sp³-hybridized carbons (Fsp3) is 0.105. The molecule has 2 aromatic carbocycles. The molecule has 0 aliphatic heterocycles. The van der Waals surface area contributed by atoms with Crippen LogP contribution in [0.3, 0.4) is 0 Å². The second-order valence-corrected chi connectivity index (χ2v) is 7.11. The summed E-state index contributed by atoms with van der Waals surface area (Å²) < 4.78 is 16.3. The number of nitrogens with one attached hydrogen (secondary N) is 1. The maximum Gasteiger partial charge on any atom is 0.265 e. The lowest BCUT2D eigenvalue weighted by Gasteiger charge is -2.11. The van der Waals surface area contributed by atoms with Crippen molar-refractivity contribution in [3.8, 4) is 22.3 Å². The van der Waals surface area contributed by atoms with Crippen LogP contribution in [0.5, 0.6) is 11.5 Å². The molecule has 1 N–H and O–H groups in total. The van der Waals surface area contributed by atoms with Gasteiger partial charge in [-0.3, -0.25) is 10.1 Å². The molecule has 0 bridgehead atoms. The summed E-state index contributed by atoms with van der Waals surface area (Å²) >= 11 is 7.20. The normalized spacial score (nSPS) is 10.8. The Bertz CT molecular complexity index is 1150. The van der Waals surface area contributed by atoms with Crippen molar-refractivity contribution >= 4 is 44.9 Å². The molecule has 1 amide bonds. The molecule has 9 heteroatoms. The van der Waals surface area contributed by atoms with E-state index in [1.807, 2.05) is 12.1 Å². The van der Waals surface area contributed by atoms with Crippen molar-refractivity contribution in [2.75, 3.05) is 19.5 Å². The molecule has 0 radical (unpaired) electrons. The summed E-state index contributed by atoms with van der Waals surface area (Å²) in [6, 6.07) is 12.3.